The Balaban J connectivity index is 1.86. The number of ether oxygens (including phenoxy) is 4. The third kappa shape index (κ3) is 6.47. The minimum atomic E-state index is -0.508. The summed E-state index contributed by atoms with van der Waals surface area (Å²) in [7, 11) is 6.11. The highest BCUT2D eigenvalue weighted by molar-refractivity contribution is 6.00. The molecule has 0 aliphatic rings. The predicted molar refractivity (Wildman–Crippen MR) is 154 cm³/mol. The number of carbonyl (C=O) groups is 1. The number of nitroso groups, excluding NO2 is 1. The van der Waals surface area contributed by atoms with Crippen LogP contribution in [0.3, 0.4) is 0 Å². The van der Waals surface area contributed by atoms with E-state index in [-0.39, 0.29) is 30.3 Å². The highest BCUT2D eigenvalue weighted by atomic mass is 16.5. The lowest BCUT2D eigenvalue weighted by atomic mass is 10.1. The molecule has 212 valence electrons. The maximum atomic E-state index is 14.5. The molecule has 0 bridgehead atoms. The van der Waals surface area contributed by atoms with Gasteiger partial charge in [-0.3, -0.25) is 0 Å². The van der Waals surface area contributed by atoms with Gasteiger partial charge in [-0.25, -0.2) is 14.7 Å². The van der Waals surface area contributed by atoms with E-state index in [0.717, 1.165) is 0 Å². The lowest BCUT2D eigenvalue weighted by molar-refractivity contribution is 0.200. The van der Waals surface area contributed by atoms with E-state index in [1.165, 1.54) is 43.5 Å². The quantitative estimate of drug-likeness (QED) is 0.217. The van der Waals surface area contributed by atoms with Gasteiger partial charge in [-0.2, -0.15) is 0 Å². The first-order valence-corrected chi connectivity index (χ1v) is 12.5. The molecule has 3 aromatic carbocycles. The van der Waals surface area contributed by atoms with Gasteiger partial charge >= 0.3 is 6.03 Å². The number of phenols is 1. The minimum Gasteiger partial charge on any atom is -0.508 e. The molecule has 2 amide bonds. The number of nitrogens with zero attached hydrogens (tertiary/aromatic N) is 4. The molecule has 4 aromatic rings. The highest BCUT2D eigenvalue weighted by Crippen LogP contribution is 2.36. The fourth-order valence-corrected chi connectivity index (χ4v) is 4.28. The first-order valence-electron chi connectivity index (χ1n) is 12.5. The summed E-state index contributed by atoms with van der Waals surface area (Å²) in [6.07, 6.45) is 1.48. The van der Waals surface area contributed by atoms with Crippen LogP contribution in [0.4, 0.5) is 22.0 Å². The summed E-state index contributed by atoms with van der Waals surface area (Å²) in [6, 6.07) is 19.3. The molecule has 0 saturated heterocycles. The number of carbonyl (C=O) groups excluding carboxylic acids is 1. The summed E-state index contributed by atoms with van der Waals surface area (Å²) in [5.41, 5.74) is 1.75. The number of urea groups is 1. The van der Waals surface area contributed by atoms with E-state index in [9.17, 15) is 14.8 Å². The molecule has 0 spiro atoms. The predicted octanol–water partition coefficient (Wildman–Crippen LogP) is 6.18. The van der Waals surface area contributed by atoms with Crippen molar-refractivity contribution >= 4 is 23.2 Å². The zero-order chi connectivity index (χ0) is 29.4. The lowest BCUT2D eigenvalue weighted by Crippen LogP contribution is -2.40. The Kier molecular flexibility index (Phi) is 9.20. The van der Waals surface area contributed by atoms with Gasteiger partial charge in [0, 0.05) is 29.5 Å². The van der Waals surface area contributed by atoms with Crippen molar-refractivity contribution in [3.05, 3.63) is 95.0 Å². The Hall–Kier alpha value is -5.32. The molecular weight excluding hydrogens is 528 g/mol. The van der Waals surface area contributed by atoms with Crippen LogP contribution in [0.1, 0.15) is 11.1 Å². The molecule has 0 atom stereocenters. The van der Waals surface area contributed by atoms with Crippen LogP contribution in [0.25, 0.3) is 0 Å². The van der Waals surface area contributed by atoms with E-state index >= 15 is 0 Å². The fraction of sp³-hybridized carbons (Fsp3) is 0.200. The van der Waals surface area contributed by atoms with Gasteiger partial charge in [0.15, 0.2) is 11.5 Å². The third-order valence-corrected chi connectivity index (χ3v) is 6.36. The van der Waals surface area contributed by atoms with Crippen LogP contribution < -0.4 is 23.8 Å². The molecule has 1 heterocycles. The maximum Gasteiger partial charge on any atom is 0.330 e. The molecule has 4 rings (SSSR count). The topological polar surface area (TPSA) is 123 Å². The number of anilines is 2. The monoisotopic (exact) mass is 558 g/mol. The number of benzene rings is 3. The smallest absolute Gasteiger partial charge is 0.330 e. The minimum absolute atomic E-state index is 0.0131. The molecular formula is C30H30N4O7. The summed E-state index contributed by atoms with van der Waals surface area (Å²) in [6.45, 7) is 0.167. The molecule has 1 N–H and O–H groups in total. The molecule has 11 heteroatoms. The van der Waals surface area contributed by atoms with E-state index < -0.39 is 6.03 Å². The zero-order valence-electron chi connectivity index (χ0n) is 23.1. The second-order valence-electron chi connectivity index (χ2n) is 8.78. The average Bonchev–Trinajstić information content (AvgIpc) is 3.02. The first-order chi connectivity index (χ1) is 19.9. The number of aromatic hydroxyl groups is 1. The van der Waals surface area contributed by atoms with Crippen molar-refractivity contribution in [3.63, 3.8) is 0 Å². The Morgan fingerprint density at radius 2 is 1.41 bits per heavy atom. The largest absolute Gasteiger partial charge is 0.508 e. The molecule has 0 fully saturated rings. The van der Waals surface area contributed by atoms with Crippen LogP contribution in [-0.4, -0.2) is 49.5 Å². The van der Waals surface area contributed by atoms with E-state index in [1.54, 1.807) is 67.7 Å². The van der Waals surface area contributed by atoms with E-state index in [4.69, 9.17) is 18.9 Å². The first kappa shape index (κ1) is 28.7. The van der Waals surface area contributed by atoms with Crippen molar-refractivity contribution in [2.45, 2.75) is 13.1 Å². The van der Waals surface area contributed by atoms with Gasteiger partial charge in [0.25, 0.3) is 0 Å². The molecule has 0 aliphatic carbocycles. The number of hydrogen-bond donors (Lipinski definition) is 1. The second-order valence-corrected chi connectivity index (χ2v) is 8.78. The number of rotatable bonds is 11. The molecule has 11 nitrogen and oxygen atoms in total. The summed E-state index contributed by atoms with van der Waals surface area (Å²) in [5.74, 6) is 2.18. The van der Waals surface area contributed by atoms with Gasteiger partial charge in [0.2, 0.25) is 0 Å². The normalized spacial score (nSPS) is 10.4. The van der Waals surface area contributed by atoms with Gasteiger partial charge in [-0.1, -0.05) is 0 Å². The van der Waals surface area contributed by atoms with Crippen LogP contribution in [0.5, 0.6) is 28.7 Å². The van der Waals surface area contributed by atoms with Crippen molar-refractivity contribution < 1.29 is 28.8 Å². The number of phenolic OH excluding ortho intramolecular Hbond substituents is 1. The molecule has 0 aliphatic heterocycles. The van der Waals surface area contributed by atoms with Crippen LogP contribution in [0.15, 0.2) is 84.2 Å². The Morgan fingerprint density at radius 1 is 0.805 bits per heavy atom. The molecule has 0 radical (unpaired) electrons. The van der Waals surface area contributed by atoms with Gasteiger partial charge in [0.05, 0.1) is 47.2 Å². The van der Waals surface area contributed by atoms with Crippen molar-refractivity contribution in [2.24, 2.45) is 5.18 Å². The van der Waals surface area contributed by atoms with Crippen molar-refractivity contribution in [1.82, 2.24) is 9.88 Å². The number of aromatic nitrogens is 1. The van der Waals surface area contributed by atoms with E-state index in [1.807, 2.05) is 6.07 Å². The van der Waals surface area contributed by atoms with Crippen molar-refractivity contribution in [2.75, 3.05) is 33.3 Å². The second kappa shape index (κ2) is 13.2. The van der Waals surface area contributed by atoms with Crippen molar-refractivity contribution in [1.29, 1.82) is 0 Å². The number of pyridine rings is 1. The summed E-state index contributed by atoms with van der Waals surface area (Å²) < 4.78 is 21.7. The van der Waals surface area contributed by atoms with E-state index in [2.05, 4.69) is 10.2 Å². The van der Waals surface area contributed by atoms with Crippen LogP contribution in [-0.2, 0) is 13.1 Å². The Bertz CT molecular complexity index is 1510. The maximum absolute atomic E-state index is 14.5. The van der Waals surface area contributed by atoms with Gasteiger partial charge in [-0.15, -0.1) is 4.91 Å². The van der Waals surface area contributed by atoms with Crippen LogP contribution in [0, 0.1) is 4.91 Å². The SMILES string of the molecule is COc1ccc(N(C(=O)N(Cc2ccc(O)cc2OC)Cc2ccc(OC)cc2OC)c2ncccc2N=O)cc1. The molecule has 1 aromatic heterocycles. The van der Waals surface area contributed by atoms with Gasteiger partial charge in [-0.05, 0) is 65.8 Å². The number of methoxy groups -OCH3 is 4. The standard InChI is InChI=1S/C30H30N4O7/c1-38-24-13-9-22(10-14-24)34(29-26(32-37)6-5-15-31-29)30(36)33(18-20-7-11-23(35)16-27(20)40-3)19-21-8-12-25(39-2)17-28(21)41-4/h5-17,35H,18-19H2,1-4H3. The third-order valence-electron chi connectivity index (χ3n) is 6.36. The van der Waals surface area contributed by atoms with E-state index in [0.29, 0.717) is 39.8 Å². The number of hydrogen-bond acceptors (Lipinski definition) is 9. The molecule has 0 saturated carbocycles. The molecule has 41 heavy (non-hydrogen) atoms. The Morgan fingerprint density at radius 3 is 2.02 bits per heavy atom. The van der Waals surface area contributed by atoms with Crippen LogP contribution >= 0.6 is 0 Å². The van der Waals surface area contributed by atoms with Crippen LogP contribution in [0.2, 0.25) is 0 Å². The summed E-state index contributed by atoms with van der Waals surface area (Å²) in [4.78, 5) is 33.5. The number of amides is 2. The molecule has 0 unspecified atom stereocenters. The average molecular weight is 559 g/mol. The fourth-order valence-electron chi connectivity index (χ4n) is 4.28. The lowest BCUT2D eigenvalue weighted by Gasteiger charge is -2.31. The highest BCUT2D eigenvalue weighted by Gasteiger charge is 2.29. The summed E-state index contributed by atoms with van der Waals surface area (Å²) in [5, 5.41) is 13.1. The van der Waals surface area contributed by atoms with Crippen molar-refractivity contribution in [3.8, 4) is 28.7 Å². The summed E-state index contributed by atoms with van der Waals surface area (Å²) >= 11 is 0. The van der Waals surface area contributed by atoms with Gasteiger partial charge < -0.3 is 29.0 Å². The zero-order valence-corrected chi connectivity index (χ0v) is 23.1. The van der Waals surface area contributed by atoms with Gasteiger partial charge in [0.1, 0.15) is 28.7 Å². The Labute approximate surface area is 237 Å².